The van der Waals surface area contributed by atoms with Crippen molar-refractivity contribution >= 4 is 0 Å². The van der Waals surface area contributed by atoms with Crippen LogP contribution >= 0.6 is 0 Å². The second kappa shape index (κ2) is 6.53. The summed E-state index contributed by atoms with van der Waals surface area (Å²) < 4.78 is 0. The minimum absolute atomic E-state index is 0.0853. The molecule has 0 amide bonds. The fourth-order valence-corrected chi connectivity index (χ4v) is 3.24. The molecule has 0 aromatic heterocycles. The van der Waals surface area contributed by atoms with Crippen molar-refractivity contribution in [2.24, 2.45) is 0 Å². The van der Waals surface area contributed by atoms with Gasteiger partial charge >= 0.3 is 0 Å². The largest absolute Gasteiger partial charge is 0.390 e. The third kappa shape index (κ3) is 5.03. The van der Waals surface area contributed by atoms with Gasteiger partial charge in [0.15, 0.2) is 0 Å². The first-order chi connectivity index (χ1) is 8.94. The molecule has 2 N–H and O–H groups in total. The van der Waals surface area contributed by atoms with Crippen LogP contribution < -0.4 is 5.32 Å². The molecular formula is C15H31N3O. The van der Waals surface area contributed by atoms with Gasteiger partial charge in [-0.3, -0.25) is 9.80 Å². The number of hydrogen-bond donors (Lipinski definition) is 2. The summed E-state index contributed by atoms with van der Waals surface area (Å²) in [4.78, 5) is 5.10. The van der Waals surface area contributed by atoms with E-state index in [0.717, 1.165) is 25.7 Å². The highest BCUT2D eigenvalue weighted by atomic mass is 16.3. The second-order valence-corrected chi connectivity index (χ2v) is 7.23. The lowest BCUT2D eigenvalue weighted by Crippen LogP contribution is -2.46. The zero-order valence-corrected chi connectivity index (χ0v) is 12.9. The number of hydrogen-bond acceptors (Lipinski definition) is 4. The predicted octanol–water partition coefficient (Wildman–Crippen LogP) is 0.906. The molecule has 2 aliphatic heterocycles. The van der Waals surface area contributed by atoms with E-state index in [1.807, 2.05) is 0 Å². The monoisotopic (exact) mass is 269 g/mol. The summed E-state index contributed by atoms with van der Waals surface area (Å²) in [6.07, 6.45) is 3.68. The van der Waals surface area contributed by atoms with E-state index in [4.69, 9.17) is 0 Å². The average molecular weight is 269 g/mol. The van der Waals surface area contributed by atoms with Crippen molar-refractivity contribution in [2.45, 2.75) is 57.7 Å². The molecule has 2 rings (SSSR count). The van der Waals surface area contributed by atoms with Gasteiger partial charge in [0.1, 0.15) is 0 Å². The number of fused-ring (bicyclic) bond motifs is 1. The van der Waals surface area contributed by atoms with E-state index in [9.17, 15) is 5.11 Å². The van der Waals surface area contributed by atoms with Crippen LogP contribution in [0.15, 0.2) is 0 Å². The van der Waals surface area contributed by atoms with Crippen LogP contribution in [-0.2, 0) is 0 Å². The Morgan fingerprint density at radius 2 is 1.95 bits per heavy atom. The Morgan fingerprint density at radius 1 is 1.21 bits per heavy atom. The van der Waals surface area contributed by atoms with Crippen LogP contribution in [0.5, 0.6) is 0 Å². The van der Waals surface area contributed by atoms with Gasteiger partial charge in [-0.25, -0.2) is 0 Å². The van der Waals surface area contributed by atoms with Gasteiger partial charge in [-0.15, -0.1) is 0 Å². The van der Waals surface area contributed by atoms with Gasteiger partial charge in [-0.2, -0.15) is 0 Å². The number of aliphatic hydroxyl groups excluding tert-OH is 1. The molecule has 0 saturated carbocycles. The molecule has 0 aromatic carbocycles. The Kier molecular flexibility index (Phi) is 5.23. The SMILES string of the molecule is CC(C)(C)NCC(O)CN1CCCN2CCCC2C1. The van der Waals surface area contributed by atoms with Crippen LogP contribution in [-0.4, -0.2) is 71.9 Å². The van der Waals surface area contributed by atoms with Gasteiger partial charge in [-0.1, -0.05) is 0 Å². The molecule has 0 bridgehead atoms. The summed E-state index contributed by atoms with van der Waals surface area (Å²) in [7, 11) is 0. The van der Waals surface area contributed by atoms with Crippen molar-refractivity contribution < 1.29 is 5.11 Å². The quantitative estimate of drug-likeness (QED) is 0.795. The van der Waals surface area contributed by atoms with Crippen molar-refractivity contribution in [3.63, 3.8) is 0 Å². The Balaban J connectivity index is 1.75. The molecule has 2 aliphatic rings. The number of nitrogens with zero attached hydrogens (tertiary/aromatic N) is 2. The number of nitrogens with one attached hydrogen (secondary N) is 1. The van der Waals surface area contributed by atoms with Crippen LogP contribution in [0.3, 0.4) is 0 Å². The standard InChI is InChI=1S/C15H31N3O/c1-15(2,3)16-10-14(19)12-17-7-5-9-18-8-4-6-13(18)11-17/h13-14,16,19H,4-12H2,1-3H3. The van der Waals surface area contributed by atoms with Crippen molar-refractivity contribution in [3.05, 3.63) is 0 Å². The van der Waals surface area contributed by atoms with Crippen LogP contribution in [0.4, 0.5) is 0 Å². The Bertz CT molecular complexity index is 277. The van der Waals surface area contributed by atoms with E-state index in [2.05, 4.69) is 35.9 Å². The maximum absolute atomic E-state index is 10.2. The summed E-state index contributed by atoms with van der Waals surface area (Å²) in [6.45, 7) is 12.7. The van der Waals surface area contributed by atoms with Crippen LogP contribution in [0, 0.1) is 0 Å². The lowest BCUT2D eigenvalue weighted by molar-refractivity contribution is 0.101. The summed E-state index contributed by atoms with van der Waals surface area (Å²) in [5.74, 6) is 0. The van der Waals surface area contributed by atoms with Crippen molar-refractivity contribution in [3.8, 4) is 0 Å². The summed E-state index contributed by atoms with van der Waals surface area (Å²) in [5, 5.41) is 13.6. The van der Waals surface area contributed by atoms with E-state index in [1.54, 1.807) is 0 Å². The molecule has 2 unspecified atom stereocenters. The molecule has 2 heterocycles. The molecule has 4 heteroatoms. The first kappa shape index (κ1) is 15.2. The highest BCUT2D eigenvalue weighted by Gasteiger charge is 2.29. The summed E-state index contributed by atoms with van der Waals surface area (Å²) >= 11 is 0. The third-order valence-corrected chi connectivity index (χ3v) is 4.22. The fraction of sp³-hybridized carbons (Fsp3) is 1.00. The molecule has 0 aromatic rings. The number of rotatable bonds is 4. The van der Waals surface area contributed by atoms with Gasteiger partial charge in [0.2, 0.25) is 0 Å². The molecule has 2 fully saturated rings. The smallest absolute Gasteiger partial charge is 0.0791 e. The lowest BCUT2D eigenvalue weighted by Gasteiger charge is -2.29. The molecule has 4 nitrogen and oxygen atoms in total. The van der Waals surface area contributed by atoms with Gasteiger partial charge in [-0.05, 0) is 59.7 Å². The molecule has 0 radical (unpaired) electrons. The van der Waals surface area contributed by atoms with Crippen molar-refractivity contribution in [2.75, 3.05) is 39.3 Å². The maximum Gasteiger partial charge on any atom is 0.0791 e. The first-order valence-electron chi connectivity index (χ1n) is 7.83. The lowest BCUT2D eigenvalue weighted by atomic mass is 10.1. The van der Waals surface area contributed by atoms with E-state index in [1.165, 1.54) is 32.4 Å². The van der Waals surface area contributed by atoms with Crippen molar-refractivity contribution in [1.29, 1.82) is 0 Å². The van der Waals surface area contributed by atoms with Gasteiger partial charge < -0.3 is 10.4 Å². The topological polar surface area (TPSA) is 38.7 Å². The fourth-order valence-electron chi connectivity index (χ4n) is 3.24. The Hall–Kier alpha value is -0.160. The predicted molar refractivity (Wildman–Crippen MR) is 79.4 cm³/mol. The maximum atomic E-state index is 10.2. The van der Waals surface area contributed by atoms with Crippen LogP contribution in [0.2, 0.25) is 0 Å². The van der Waals surface area contributed by atoms with Gasteiger partial charge in [0, 0.05) is 31.2 Å². The minimum atomic E-state index is -0.257. The first-order valence-corrected chi connectivity index (χ1v) is 7.83. The van der Waals surface area contributed by atoms with E-state index in [0.29, 0.717) is 6.54 Å². The van der Waals surface area contributed by atoms with E-state index in [-0.39, 0.29) is 11.6 Å². The number of β-amino-alcohol motifs (C(OH)–C–C–N with tert-alkyl or cyclic N) is 1. The molecule has 112 valence electrons. The molecule has 19 heavy (non-hydrogen) atoms. The molecule has 2 atom stereocenters. The summed E-state index contributed by atoms with van der Waals surface area (Å²) in [5.41, 5.74) is 0.0853. The van der Waals surface area contributed by atoms with Gasteiger partial charge in [0.05, 0.1) is 6.10 Å². The van der Waals surface area contributed by atoms with Crippen molar-refractivity contribution in [1.82, 2.24) is 15.1 Å². The molecule has 0 spiro atoms. The normalized spacial score (nSPS) is 28.1. The van der Waals surface area contributed by atoms with Crippen LogP contribution in [0.25, 0.3) is 0 Å². The van der Waals surface area contributed by atoms with E-state index < -0.39 is 0 Å². The molecule has 2 saturated heterocycles. The molecular weight excluding hydrogens is 238 g/mol. The Labute approximate surface area is 118 Å². The van der Waals surface area contributed by atoms with Crippen LogP contribution in [0.1, 0.15) is 40.0 Å². The zero-order valence-electron chi connectivity index (χ0n) is 12.9. The molecule has 0 aliphatic carbocycles. The highest BCUT2D eigenvalue weighted by molar-refractivity contribution is 4.86. The van der Waals surface area contributed by atoms with Gasteiger partial charge in [0.25, 0.3) is 0 Å². The minimum Gasteiger partial charge on any atom is -0.390 e. The zero-order chi connectivity index (χ0) is 13.9. The average Bonchev–Trinajstić information content (AvgIpc) is 2.65. The van der Waals surface area contributed by atoms with E-state index >= 15 is 0 Å². The third-order valence-electron chi connectivity index (χ3n) is 4.22. The second-order valence-electron chi connectivity index (χ2n) is 7.23. The summed E-state index contributed by atoms with van der Waals surface area (Å²) in [6, 6.07) is 0.741. The highest BCUT2D eigenvalue weighted by Crippen LogP contribution is 2.21. The number of aliphatic hydroxyl groups is 1. The Morgan fingerprint density at radius 3 is 2.68 bits per heavy atom.